The Labute approximate surface area is 150 Å². The molecule has 5 nitrogen and oxygen atoms in total. The molecule has 0 unspecified atom stereocenters. The first-order valence-corrected chi connectivity index (χ1v) is 8.43. The third-order valence-electron chi connectivity index (χ3n) is 3.51. The highest BCUT2D eigenvalue weighted by molar-refractivity contribution is 7.12. The monoisotopic (exact) mass is 360 g/mol. The highest BCUT2D eigenvalue weighted by Gasteiger charge is 2.13. The summed E-state index contributed by atoms with van der Waals surface area (Å²) in [7, 11) is 3.10. The van der Waals surface area contributed by atoms with E-state index in [0.717, 1.165) is 15.3 Å². The Morgan fingerprint density at radius 3 is 2.40 bits per heavy atom. The molecule has 1 aromatic heterocycles. The molecule has 0 atom stereocenters. The third-order valence-corrected chi connectivity index (χ3v) is 4.47. The normalized spacial score (nSPS) is 10.7. The maximum absolute atomic E-state index is 12.1. The quantitative estimate of drug-likeness (QED) is 0.427. The number of rotatable bonds is 7. The number of ether oxygens (including phenoxy) is 3. The number of hydrogen-bond acceptors (Lipinski definition) is 6. The first kappa shape index (κ1) is 18.7. The van der Waals surface area contributed by atoms with E-state index < -0.39 is 5.97 Å². The summed E-state index contributed by atoms with van der Waals surface area (Å²) in [6.07, 6.45) is 2.87. The number of carbonyl (C=O) groups excluding carboxylic acids is 2. The number of aryl methyl sites for hydroxylation is 2. The molecule has 0 bridgehead atoms. The van der Waals surface area contributed by atoms with Crippen molar-refractivity contribution in [1.29, 1.82) is 0 Å². The van der Waals surface area contributed by atoms with Crippen LogP contribution in [0.15, 0.2) is 30.3 Å². The lowest BCUT2D eigenvalue weighted by atomic mass is 10.2. The van der Waals surface area contributed by atoms with Crippen molar-refractivity contribution < 1.29 is 23.8 Å². The van der Waals surface area contributed by atoms with Gasteiger partial charge in [-0.3, -0.25) is 4.79 Å². The maximum Gasteiger partial charge on any atom is 0.331 e. The summed E-state index contributed by atoms with van der Waals surface area (Å²) in [6.45, 7) is 3.54. The minimum atomic E-state index is -0.576. The van der Waals surface area contributed by atoms with Gasteiger partial charge in [-0.2, -0.15) is 0 Å². The summed E-state index contributed by atoms with van der Waals surface area (Å²) >= 11 is 1.55. The number of Topliss-reactive ketones (excluding diaryl/α,β-unsaturated/α-hetero) is 1. The van der Waals surface area contributed by atoms with E-state index in [1.165, 1.54) is 6.08 Å². The van der Waals surface area contributed by atoms with Crippen LogP contribution in [0.2, 0.25) is 0 Å². The van der Waals surface area contributed by atoms with E-state index in [4.69, 9.17) is 14.2 Å². The molecular formula is C19H20O5S. The van der Waals surface area contributed by atoms with Gasteiger partial charge in [-0.05, 0) is 43.7 Å². The second-order valence-electron chi connectivity index (χ2n) is 5.31. The van der Waals surface area contributed by atoms with Crippen LogP contribution in [0.1, 0.15) is 25.7 Å². The Hall–Kier alpha value is -2.60. The predicted molar refractivity (Wildman–Crippen MR) is 97.7 cm³/mol. The predicted octanol–water partition coefficient (Wildman–Crippen LogP) is 3.82. The van der Waals surface area contributed by atoms with E-state index in [9.17, 15) is 9.59 Å². The fraction of sp³-hybridized carbons (Fsp3) is 0.263. The summed E-state index contributed by atoms with van der Waals surface area (Å²) < 4.78 is 15.4. The van der Waals surface area contributed by atoms with Crippen molar-refractivity contribution in [2.24, 2.45) is 0 Å². The van der Waals surface area contributed by atoms with E-state index in [0.29, 0.717) is 17.1 Å². The zero-order valence-corrected chi connectivity index (χ0v) is 15.4. The van der Waals surface area contributed by atoms with Crippen molar-refractivity contribution in [3.8, 4) is 11.5 Å². The van der Waals surface area contributed by atoms with E-state index in [1.54, 1.807) is 49.8 Å². The van der Waals surface area contributed by atoms with Gasteiger partial charge in [-0.1, -0.05) is 6.07 Å². The second-order valence-corrected chi connectivity index (χ2v) is 6.77. The largest absolute Gasteiger partial charge is 0.493 e. The van der Waals surface area contributed by atoms with Gasteiger partial charge < -0.3 is 14.2 Å². The van der Waals surface area contributed by atoms with Crippen LogP contribution in [-0.2, 0) is 9.53 Å². The molecule has 0 aliphatic rings. The number of esters is 1. The van der Waals surface area contributed by atoms with E-state index in [1.807, 2.05) is 19.9 Å². The van der Waals surface area contributed by atoms with Gasteiger partial charge in [0.2, 0.25) is 5.78 Å². The van der Waals surface area contributed by atoms with Crippen molar-refractivity contribution in [3.05, 3.63) is 51.2 Å². The topological polar surface area (TPSA) is 61.8 Å². The standard InChI is InChI=1S/C19H20O5S/c1-12-9-15(13(2)25-12)16(20)11-24-19(21)8-6-14-5-7-17(22-3)18(10-14)23-4/h5-10H,11H2,1-4H3/b8-6+. The van der Waals surface area contributed by atoms with Crippen LogP contribution in [0.5, 0.6) is 11.5 Å². The summed E-state index contributed by atoms with van der Waals surface area (Å²) in [5.74, 6) is 0.396. The van der Waals surface area contributed by atoms with E-state index in [2.05, 4.69) is 0 Å². The van der Waals surface area contributed by atoms with Gasteiger partial charge in [0.1, 0.15) is 0 Å². The molecule has 25 heavy (non-hydrogen) atoms. The van der Waals surface area contributed by atoms with Gasteiger partial charge in [0, 0.05) is 21.4 Å². The molecule has 1 aromatic carbocycles. The Morgan fingerprint density at radius 2 is 1.80 bits per heavy atom. The first-order valence-electron chi connectivity index (χ1n) is 7.61. The summed E-state index contributed by atoms with van der Waals surface area (Å²) in [5.41, 5.74) is 1.37. The van der Waals surface area contributed by atoms with Gasteiger partial charge in [0.25, 0.3) is 0 Å². The van der Waals surface area contributed by atoms with Crippen LogP contribution in [0.3, 0.4) is 0 Å². The first-order chi connectivity index (χ1) is 11.9. The van der Waals surface area contributed by atoms with Gasteiger partial charge in [0.15, 0.2) is 18.1 Å². The van der Waals surface area contributed by atoms with Crippen LogP contribution in [0.25, 0.3) is 6.08 Å². The molecule has 6 heteroatoms. The zero-order chi connectivity index (χ0) is 18.4. The Kier molecular flexibility index (Phi) is 6.36. The lowest BCUT2D eigenvalue weighted by Crippen LogP contribution is -2.12. The number of ketones is 1. The summed E-state index contributed by atoms with van der Waals surface area (Å²) in [4.78, 5) is 25.9. The molecule has 0 radical (unpaired) electrons. The molecule has 132 valence electrons. The second kappa shape index (κ2) is 8.48. The molecule has 0 saturated carbocycles. The lowest BCUT2D eigenvalue weighted by Gasteiger charge is -2.07. The molecule has 0 saturated heterocycles. The molecule has 0 amide bonds. The fourth-order valence-corrected chi connectivity index (χ4v) is 3.23. The molecule has 1 heterocycles. The van der Waals surface area contributed by atoms with Gasteiger partial charge in [0.05, 0.1) is 14.2 Å². The number of benzene rings is 1. The lowest BCUT2D eigenvalue weighted by molar-refractivity contribution is -0.136. The van der Waals surface area contributed by atoms with Crippen LogP contribution >= 0.6 is 11.3 Å². The van der Waals surface area contributed by atoms with E-state index >= 15 is 0 Å². The molecule has 0 aliphatic heterocycles. The average molecular weight is 360 g/mol. The number of thiophene rings is 1. The molecule has 0 N–H and O–H groups in total. The van der Waals surface area contributed by atoms with Crippen molar-refractivity contribution in [2.45, 2.75) is 13.8 Å². The Bertz CT molecular complexity index is 804. The molecular weight excluding hydrogens is 340 g/mol. The zero-order valence-electron chi connectivity index (χ0n) is 14.6. The smallest absolute Gasteiger partial charge is 0.331 e. The van der Waals surface area contributed by atoms with Crippen molar-refractivity contribution in [1.82, 2.24) is 0 Å². The van der Waals surface area contributed by atoms with Gasteiger partial charge >= 0.3 is 5.97 Å². The van der Waals surface area contributed by atoms with E-state index in [-0.39, 0.29) is 12.4 Å². The SMILES string of the molecule is COc1ccc(/C=C/C(=O)OCC(=O)c2cc(C)sc2C)cc1OC. The fourth-order valence-electron chi connectivity index (χ4n) is 2.29. The number of methoxy groups -OCH3 is 2. The highest BCUT2D eigenvalue weighted by atomic mass is 32.1. The third kappa shape index (κ3) is 4.93. The molecule has 2 aromatic rings. The molecule has 2 rings (SSSR count). The highest BCUT2D eigenvalue weighted by Crippen LogP contribution is 2.28. The van der Waals surface area contributed by atoms with Crippen molar-refractivity contribution >= 4 is 29.2 Å². The Morgan fingerprint density at radius 1 is 1.08 bits per heavy atom. The van der Waals surface area contributed by atoms with Gasteiger partial charge in [-0.25, -0.2) is 4.79 Å². The number of carbonyl (C=O) groups is 2. The minimum Gasteiger partial charge on any atom is -0.493 e. The minimum absolute atomic E-state index is 0.199. The molecule has 0 aliphatic carbocycles. The van der Waals surface area contributed by atoms with Gasteiger partial charge in [-0.15, -0.1) is 11.3 Å². The molecule has 0 fully saturated rings. The van der Waals surface area contributed by atoms with Crippen LogP contribution < -0.4 is 9.47 Å². The maximum atomic E-state index is 12.1. The van der Waals surface area contributed by atoms with Crippen LogP contribution in [0.4, 0.5) is 0 Å². The number of hydrogen-bond donors (Lipinski definition) is 0. The average Bonchev–Trinajstić information content (AvgIpc) is 2.95. The van der Waals surface area contributed by atoms with Crippen LogP contribution in [0, 0.1) is 13.8 Å². The van der Waals surface area contributed by atoms with Crippen molar-refractivity contribution in [2.75, 3.05) is 20.8 Å². The Balaban J connectivity index is 1.95. The van der Waals surface area contributed by atoms with Crippen molar-refractivity contribution in [3.63, 3.8) is 0 Å². The summed E-state index contributed by atoms with van der Waals surface area (Å²) in [6, 6.07) is 7.09. The molecule has 0 spiro atoms. The summed E-state index contributed by atoms with van der Waals surface area (Å²) in [5, 5.41) is 0. The van der Waals surface area contributed by atoms with Crippen LogP contribution in [-0.4, -0.2) is 32.6 Å².